The summed E-state index contributed by atoms with van der Waals surface area (Å²) < 4.78 is 5.34. The van der Waals surface area contributed by atoms with Gasteiger partial charge in [0, 0.05) is 36.7 Å². The van der Waals surface area contributed by atoms with Crippen LogP contribution in [-0.4, -0.2) is 72.2 Å². The van der Waals surface area contributed by atoms with Crippen LogP contribution in [0.3, 0.4) is 0 Å². The van der Waals surface area contributed by atoms with Crippen molar-refractivity contribution in [2.24, 2.45) is 0 Å². The first-order valence-corrected chi connectivity index (χ1v) is 11.0. The van der Waals surface area contributed by atoms with Gasteiger partial charge < -0.3 is 15.0 Å². The average Bonchev–Trinajstić information content (AvgIpc) is 3.48. The number of nitrogens with zero attached hydrogens (tertiary/aromatic N) is 4. The highest BCUT2D eigenvalue weighted by molar-refractivity contribution is 7.14. The van der Waals surface area contributed by atoms with Crippen molar-refractivity contribution in [3.8, 4) is 6.07 Å². The minimum Gasteiger partial charge on any atom is -0.373 e. The minimum atomic E-state index is -0.430. The van der Waals surface area contributed by atoms with Gasteiger partial charge in [0.25, 0.3) is 0 Å². The van der Waals surface area contributed by atoms with E-state index in [0.717, 1.165) is 19.6 Å². The Kier molecular flexibility index (Phi) is 6.46. The summed E-state index contributed by atoms with van der Waals surface area (Å²) in [5.41, 5.74) is 1.74. The molecule has 0 radical (unpaired) electrons. The van der Waals surface area contributed by atoms with E-state index in [1.807, 2.05) is 11.0 Å². The van der Waals surface area contributed by atoms with Crippen LogP contribution in [0.5, 0.6) is 0 Å². The van der Waals surface area contributed by atoms with Gasteiger partial charge in [-0.2, -0.15) is 5.26 Å². The quantitative estimate of drug-likeness (QED) is 0.665. The maximum absolute atomic E-state index is 12.8. The minimum absolute atomic E-state index is 0.0497. The van der Waals surface area contributed by atoms with Gasteiger partial charge in [-0.25, -0.2) is 9.78 Å². The van der Waals surface area contributed by atoms with Crippen LogP contribution in [-0.2, 0) is 16.0 Å². The molecule has 1 aromatic carbocycles. The number of aromatic nitrogens is 1. The molecule has 2 aliphatic heterocycles. The van der Waals surface area contributed by atoms with Gasteiger partial charge in [0.1, 0.15) is 0 Å². The molecule has 9 nitrogen and oxygen atoms in total. The molecule has 0 bridgehead atoms. The number of ether oxygens (including phenoxy) is 1. The molecule has 2 saturated heterocycles. The number of anilines is 2. The zero-order valence-electron chi connectivity index (χ0n) is 17.2. The Morgan fingerprint density at radius 1 is 1.29 bits per heavy atom. The summed E-state index contributed by atoms with van der Waals surface area (Å²) in [6.45, 7) is 3.09. The van der Waals surface area contributed by atoms with Crippen LogP contribution in [0.4, 0.5) is 15.6 Å². The van der Waals surface area contributed by atoms with E-state index in [2.05, 4.69) is 27.6 Å². The lowest BCUT2D eigenvalue weighted by molar-refractivity contribution is -0.133. The highest BCUT2D eigenvalue weighted by Gasteiger charge is 2.33. The van der Waals surface area contributed by atoms with Gasteiger partial charge in [0.05, 0.1) is 36.5 Å². The maximum Gasteiger partial charge on any atom is 0.325 e. The predicted molar refractivity (Wildman–Crippen MR) is 117 cm³/mol. The SMILES string of the molecule is CN1CCN(C(=O)Cc2csc(NC(=O)Nc3ccc(C#N)cc3)n2)C[C@@H]1CC1CO1. The third kappa shape index (κ3) is 5.79. The van der Waals surface area contributed by atoms with Crippen LogP contribution in [0.1, 0.15) is 17.7 Å². The molecular formula is C21H24N6O3S. The highest BCUT2D eigenvalue weighted by atomic mass is 32.1. The number of likely N-dealkylation sites (N-methyl/N-ethyl adjacent to an activating group) is 1. The monoisotopic (exact) mass is 440 g/mol. The normalized spacial score (nSPS) is 20.7. The molecule has 2 N–H and O–H groups in total. The van der Waals surface area contributed by atoms with Crippen molar-refractivity contribution in [3.63, 3.8) is 0 Å². The Morgan fingerprint density at radius 2 is 2.06 bits per heavy atom. The molecule has 162 valence electrons. The molecule has 0 spiro atoms. The lowest BCUT2D eigenvalue weighted by Crippen LogP contribution is -2.54. The van der Waals surface area contributed by atoms with E-state index in [4.69, 9.17) is 10.00 Å². The van der Waals surface area contributed by atoms with E-state index in [9.17, 15) is 9.59 Å². The fourth-order valence-electron chi connectivity index (χ4n) is 3.53. The Morgan fingerprint density at radius 3 is 2.77 bits per heavy atom. The number of carbonyl (C=O) groups excluding carboxylic acids is 2. The van der Waals surface area contributed by atoms with Crippen LogP contribution in [0.2, 0.25) is 0 Å². The van der Waals surface area contributed by atoms with Crippen molar-refractivity contribution >= 4 is 34.1 Å². The van der Waals surface area contributed by atoms with E-state index in [-0.39, 0.29) is 12.3 Å². The third-order valence-electron chi connectivity index (χ3n) is 5.44. The summed E-state index contributed by atoms with van der Waals surface area (Å²) in [6.07, 6.45) is 1.51. The second-order valence-electron chi connectivity index (χ2n) is 7.75. The Hall–Kier alpha value is -3.00. The molecule has 3 amide bonds. The molecule has 2 aliphatic rings. The number of hydrogen-bond acceptors (Lipinski definition) is 7. The van der Waals surface area contributed by atoms with E-state index >= 15 is 0 Å². The Balaban J connectivity index is 1.27. The molecule has 4 rings (SSSR count). The first-order valence-electron chi connectivity index (χ1n) is 10.1. The fourth-order valence-corrected chi connectivity index (χ4v) is 4.24. The summed E-state index contributed by atoms with van der Waals surface area (Å²) in [4.78, 5) is 33.5. The van der Waals surface area contributed by atoms with Crippen molar-refractivity contribution < 1.29 is 14.3 Å². The first-order chi connectivity index (χ1) is 15.0. The first kappa shape index (κ1) is 21.2. The number of urea groups is 1. The van der Waals surface area contributed by atoms with Gasteiger partial charge in [0.2, 0.25) is 5.91 Å². The number of rotatable bonds is 6. The zero-order chi connectivity index (χ0) is 21.8. The second-order valence-corrected chi connectivity index (χ2v) is 8.61. The fraction of sp³-hybridized carbons (Fsp3) is 0.429. The second kappa shape index (κ2) is 9.43. The van der Waals surface area contributed by atoms with Gasteiger partial charge in [-0.1, -0.05) is 0 Å². The van der Waals surface area contributed by atoms with Crippen LogP contribution in [0, 0.1) is 11.3 Å². The lowest BCUT2D eigenvalue weighted by Gasteiger charge is -2.39. The average molecular weight is 441 g/mol. The van der Waals surface area contributed by atoms with Crippen LogP contribution < -0.4 is 10.6 Å². The summed E-state index contributed by atoms with van der Waals surface area (Å²) in [7, 11) is 2.09. The largest absolute Gasteiger partial charge is 0.373 e. The van der Waals surface area contributed by atoms with Crippen molar-refractivity contribution in [2.45, 2.75) is 25.0 Å². The standard InChI is InChI=1S/C21H24N6O3S/c1-26-6-7-27(11-17(26)9-18-12-30-18)19(28)8-16-13-31-21(24-16)25-20(29)23-15-4-2-14(10-22)3-5-15/h2-5,13,17-18H,6-9,11-12H2,1H3,(H2,23,24,25,29)/t17-,18?/m0/s1. The van der Waals surface area contributed by atoms with Gasteiger partial charge in [-0.05, 0) is 37.7 Å². The van der Waals surface area contributed by atoms with Crippen molar-refractivity contribution in [1.29, 1.82) is 5.26 Å². The number of benzene rings is 1. The molecule has 0 aliphatic carbocycles. The number of epoxide rings is 1. The van der Waals surface area contributed by atoms with E-state index < -0.39 is 6.03 Å². The van der Waals surface area contributed by atoms with E-state index in [1.54, 1.807) is 29.6 Å². The van der Waals surface area contributed by atoms with Gasteiger partial charge in [-0.3, -0.25) is 15.0 Å². The summed E-state index contributed by atoms with van der Waals surface area (Å²) in [5, 5.41) is 16.4. The molecule has 3 heterocycles. The van der Waals surface area contributed by atoms with Crippen molar-refractivity contribution in [3.05, 3.63) is 40.9 Å². The van der Waals surface area contributed by atoms with E-state index in [1.165, 1.54) is 11.3 Å². The molecule has 10 heteroatoms. The number of nitriles is 1. The Labute approximate surface area is 184 Å². The van der Waals surface area contributed by atoms with Crippen molar-refractivity contribution in [2.75, 3.05) is 43.9 Å². The van der Waals surface area contributed by atoms with Gasteiger partial charge >= 0.3 is 6.03 Å². The number of thiazole rings is 1. The summed E-state index contributed by atoms with van der Waals surface area (Å²) in [6, 6.07) is 8.49. The maximum atomic E-state index is 12.8. The molecule has 0 saturated carbocycles. The van der Waals surface area contributed by atoms with Crippen molar-refractivity contribution in [1.82, 2.24) is 14.8 Å². The van der Waals surface area contributed by atoms with Gasteiger partial charge in [-0.15, -0.1) is 11.3 Å². The lowest BCUT2D eigenvalue weighted by atomic mass is 10.1. The number of amides is 3. The van der Waals surface area contributed by atoms with Crippen LogP contribution in [0.25, 0.3) is 0 Å². The zero-order valence-corrected chi connectivity index (χ0v) is 18.0. The summed E-state index contributed by atoms with van der Waals surface area (Å²) >= 11 is 1.28. The summed E-state index contributed by atoms with van der Waals surface area (Å²) in [5.74, 6) is 0.0497. The molecule has 1 unspecified atom stereocenters. The molecule has 2 aromatic rings. The Bertz CT molecular complexity index is 982. The third-order valence-corrected chi connectivity index (χ3v) is 6.25. The number of piperazine rings is 1. The van der Waals surface area contributed by atoms with E-state index in [0.29, 0.717) is 47.3 Å². The van der Waals surface area contributed by atoms with Crippen LogP contribution >= 0.6 is 11.3 Å². The molecular weight excluding hydrogens is 416 g/mol. The number of carbonyl (C=O) groups is 2. The van der Waals surface area contributed by atoms with Crippen LogP contribution in [0.15, 0.2) is 29.6 Å². The van der Waals surface area contributed by atoms with Gasteiger partial charge in [0.15, 0.2) is 5.13 Å². The molecule has 2 atom stereocenters. The number of nitrogens with one attached hydrogen (secondary N) is 2. The molecule has 2 fully saturated rings. The number of hydrogen-bond donors (Lipinski definition) is 2. The predicted octanol–water partition coefficient (Wildman–Crippen LogP) is 2.13. The smallest absolute Gasteiger partial charge is 0.325 e. The highest BCUT2D eigenvalue weighted by Crippen LogP contribution is 2.22. The molecule has 31 heavy (non-hydrogen) atoms. The topological polar surface area (TPSA) is 114 Å². The molecule has 1 aromatic heterocycles.